The van der Waals surface area contributed by atoms with Gasteiger partial charge in [-0.15, -0.1) is 0 Å². The van der Waals surface area contributed by atoms with Gasteiger partial charge in [0.15, 0.2) is 0 Å². The van der Waals surface area contributed by atoms with Gasteiger partial charge in [-0.3, -0.25) is 4.98 Å². The largest absolute Gasteiger partial charge is 0.324 e. The van der Waals surface area contributed by atoms with E-state index < -0.39 is 0 Å². The minimum atomic E-state index is 0.0894. The number of hydrogen-bond acceptors (Lipinski definition) is 2. The first-order valence-electron chi connectivity index (χ1n) is 6.25. The predicted octanol–water partition coefficient (Wildman–Crippen LogP) is 3.59. The van der Waals surface area contributed by atoms with Crippen molar-refractivity contribution in [2.75, 3.05) is 0 Å². The normalized spacial score (nSPS) is 14.8. The van der Waals surface area contributed by atoms with Crippen LogP contribution in [0.4, 0.5) is 0 Å². The highest BCUT2D eigenvalue weighted by atomic mass is 14.7. The molecule has 0 saturated carbocycles. The summed E-state index contributed by atoms with van der Waals surface area (Å²) in [5.74, 6) is 0.486. The van der Waals surface area contributed by atoms with Crippen molar-refractivity contribution in [3.05, 3.63) is 41.6 Å². The van der Waals surface area contributed by atoms with Crippen LogP contribution in [0.1, 0.15) is 37.6 Å². The van der Waals surface area contributed by atoms with Crippen LogP contribution in [0.15, 0.2) is 30.3 Å². The van der Waals surface area contributed by atoms with Crippen molar-refractivity contribution < 1.29 is 0 Å². The summed E-state index contributed by atoms with van der Waals surface area (Å²) in [5.41, 5.74) is 9.66. The van der Waals surface area contributed by atoms with E-state index in [9.17, 15) is 0 Å². The number of nitrogens with two attached hydrogens (primary N) is 1. The van der Waals surface area contributed by atoms with Gasteiger partial charge in [-0.1, -0.05) is 38.5 Å². The molecule has 0 amide bonds. The molecule has 1 aromatic heterocycles. The Morgan fingerprint density at radius 1 is 1.29 bits per heavy atom. The summed E-state index contributed by atoms with van der Waals surface area (Å²) in [5, 5.41) is 1.19. The second kappa shape index (κ2) is 4.84. The molecule has 2 nitrogen and oxygen atoms in total. The van der Waals surface area contributed by atoms with Gasteiger partial charge < -0.3 is 5.73 Å². The molecule has 1 aromatic carbocycles. The lowest BCUT2D eigenvalue weighted by Gasteiger charge is -2.20. The highest BCUT2D eigenvalue weighted by molar-refractivity contribution is 5.82. The first-order chi connectivity index (χ1) is 8.13. The van der Waals surface area contributed by atoms with E-state index in [1.807, 2.05) is 19.1 Å². The van der Waals surface area contributed by atoms with Crippen molar-refractivity contribution >= 4 is 10.9 Å². The average Bonchev–Trinajstić information content (AvgIpc) is 2.35. The second-order valence-electron chi connectivity index (χ2n) is 4.78. The smallest absolute Gasteiger partial charge is 0.0708 e. The summed E-state index contributed by atoms with van der Waals surface area (Å²) in [7, 11) is 0. The summed E-state index contributed by atoms with van der Waals surface area (Å²) >= 11 is 0. The number of rotatable bonds is 3. The Labute approximate surface area is 103 Å². The minimum Gasteiger partial charge on any atom is -0.324 e. The topological polar surface area (TPSA) is 38.9 Å². The molecule has 0 aliphatic heterocycles. The molecule has 0 saturated heterocycles. The van der Waals surface area contributed by atoms with Gasteiger partial charge in [-0.25, -0.2) is 0 Å². The molecule has 0 aliphatic rings. The van der Waals surface area contributed by atoms with Crippen molar-refractivity contribution in [3.63, 3.8) is 0 Å². The summed E-state index contributed by atoms with van der Waals surface area (Å²) in [6, 6.07) is 10.4. The Kier molecular flexibility index (Phi) is 3.43. The van der Waals surface area contributed by atoms with Crippen LogP contribution >= 0.6 is 0 Å². The van der Waals surface area contributed by atoms with Gasteiger partial charge in [0.2, 0.25) is 0 Å². The molecule has 2 N–H and O–H groups in total. The zero-order valence-electron chi connectivity index (χ0n) is 10.8. The molecule has 2 heteroatoms. The summed E-state index contributed by atoms with van der Waals surface area (Å²) in [6.07, 6.45) is 1.09. The second-order valence-corrected chi connectivity index (χ2v) is 4.78. The lowest BCUT2D eigenvalue weighted by molar-refractivity contribution is 0.459. The number of nitrogens with zero attached hydrogens (tertiary/aromatic N) is 1. The third kappa shape index (κ3) is 2.32. The third-order valence-electron chi connectivity index (χ3n) is 3.49. The fourth-order valence-electron chi connectivity index (χ4n) is 2.18. The maximum absolute atomic E-state index is 6.36. The van der Waals surface area contributed by atoms with Crippen LogP contribution in [0.3, 0.4) is 0 Å². The molecule has 0 radical (unpaired) electrons. The van der Waals surface area contributed by atoms with Crippen molar-refractivity contribution in [3.8, 4) is 0 Å². The first-order valence-corrected chi connectivity index (χ1v) is 6.25. The van der Waals surface area contributed by atoms with E-state index in [2.05, 4.69) is 37.0 Å². The standard InChI is InChI=1S/C15H20N2/c1-4-10(2)15(16)13-9-11(3)17-14-8-6-5-7-12(13)14/h5-10,15H,4,16H2,1-3H3. The van der Waals surface area contributed by atoms with Crippen molar-refractivity contribution in [2.24, 2.45) is 11.7 Å². The summed E-state index contributed by atoms with van der Waals surface area (Å²) < 4.78 is 0. The zero-order chi connectivity index (χ0) is 12.4. The number of aryl methyl sites for hydroxylation is 1. The number of para-hydroxylation sites is 1. The summed E-state index contributed by atoms with van der Waals surface area (Å²) in [6.45, 7) is 6.41. The fourth-order valence-corrected chi connectivity index (χ4v) is 2.18. The molecule has 1 heterocycles. The van der Waals surface area contributed by atoms with Gasteiger partial charge in [0.05, 0.1) is 5.52 Å². The Bertz CT molecular complexity index is 519. The molecule has 2 rings (SSSR count). The van der Waals surface area contributed by atoms with Gasteiger partial charge in [-0.05, 0) is 30.5 Å². The first kappa shape index (κ1) is 12.1. The van der Waals surface area contributed by atoms with E-state index >= 15 is 0 Å². The van der Waals surface area contributed by atoms with Crippen LogP contribution in [-0.2, 0) is 0 Å². The quantitative estimate of drug-likeness (QED) is 0.872. The molecule has 2 aromatic rings. The molecule has 0 aliphatic carbocycles. The Balaban J connectivity index is 2.59. The predicted molar refractivity (Wildman–Crippen MR) is 72.9 cm³/mol. The van der Waals surface area contributed by atoms with Gasteiger partial charge >= 0.3 is 0 Å². The molecule has 2 unspecified atom stereocenters. The van der Waals surface area contributed by atoms with Gasteiger partial charge in [0, 0.05) is 17.1 Å². The molecule has 0 spiro atoms. The van der Waals surface area contributed by atoms with Crippen LogP contribution < -0.4 is 5.73 Å². The molecule has 0 fully saturated rings. The van der Waals surface area contributed by atoms with E-state index in [1.165, 1.54) is 10.9 Å². The van der Waals surface area contributed by atoms with Crippen LogP contribution in [0.25, 0.3) is 10.9 Å². The SMILES string of the molecule is CCC(C)C(N)c1cc(C)nc2ccccc12. The number of benzene rings is 1. The van der Waals surface area contributed by atoms with Gasteiger partial charge in [-0.2, -0.15) is 0 Å². The average molecular weight is 228 g/mol. The summed E-state index contributed by atoms with van der Waals surface area (Å²) in [4.78, 5) is 4.55. The van der Waals surface area contributed by atoms with Crippen LogP contribution in [0, 0.1) is 12.8 Å². The highest BCUT2D eigenvalue weighted by Crippen LogP contribution is 2.28. The molecule has 2 atom stereocenters. The zero-order valence-corrected chi connectivity index (χ0v) is 10.8. The molecule has 17 heavy (non-hydrogen) atoms. The lowest BCUT2D eigenvalue weighted by Crippen LogP contribution is -2.19. The number of hydrogen-bond donors (Lipinski definition) is 1. The molecular formula is C15H20N2. The lowest BCUT2D eigenvalue weighted by atomic mass is 9.91. The Morgan fingerprint density at radius 2 is 2.00 bits per heavy atom. The molecule has 90 valence electrons. The van der Waals surface area contributed by atoms with Crippen LogP contribution in [-0.4, -0.2) is 4.98 Å². The van der Waals surface area contributed by atoms with Crippen LogP contribution in [0.2, 0.25) is 0 Å². The number of pyridine rings is 1. The van der Waals surface area contributed by atoms with Gasteiger partial charge in [0.25, 0.3) is 0 Å². The minimum absolute atomic E-state index is 0.0894. The monoisotopic (exact) mass is 228 g/mol. The maximum Gasteiger partial charge on any atom is 0.0708 e. The van der Waals surface area contributed by atoms with Crippen molar-refractivity contribution in [1.82, 2.24) is 4.98 Å². The van der Waals surface area contributed by atoms with E-state index in [0.29, 0.717) is 5.92 Å². The highest BCUT2D eigenvalue weighted by Gasteiger charge is 2.16. The number of fused-ring (bicyclic) bond motifs is 1. The van der Waals surface area contributed by atoms with E-state index in [1.54, 1.807) is 0 Å². The number of aromatic nitrogens is 1. The van der Waals surface area contributed by atoms with Crippen molar-refractivity contribution in [1.29, 1.82) is 0 Å². The van der Waals surface area contributed by atoms with E-state index in [0.717, 1.165) is 17.6 Å². The Morgan fingerprint density at radius 3 is 2.71 bits per heavy atom. The maximum atomic E-state index is 6.36. The molecular weight excluding hydrogens is 208 g/mol. The fraction of sp³-hybridized carbons (Fsp3) is 0.400. The van der Waals surface area contributed by atoms with Gasteiger partial charge in [0.1, 0.15) is 0 Å². The van der Waals surface area contributed by atoms with Crippen molar-refractivity contribution in [2.45, 2.75) is 33.2 Å². The van der Waals surface area contributed by atoms with E-state index in [-0.39, 0.29) is 6.04 Å². The van der Waals surface area contributed by atoms with Crippen LogP contribution in [0.5, 0.6) is 0 Å². The van der Waals surface area contributed by atoms with E-state index in [4.69, 9.17) is 5.73 Å². The molecule has 0 bridgehead atoms. The Hall–Kier alpha value is -1.41. The third-order valence-corrected chi connectivity index (χ3v) is 3.49.